The molecule has 0 saturated carbocycles. The Kier molecular flexibility index (Phi) is 5.20. The van der Waals surface area contributed by atoms with Crippen LogP contribution in [-0.2, 0) is 4.79 Å². The summed E-state index contributed by atoms with van der Waals surface area (Å²) in [6.07, 6.45) is 2.94. The number of carbonyl (C=O) groups is 1. The van der Waals surface area contributed by atoms with Crippen LogP contribution in [0.25, 0.3) is 6.08 Å². The van der Waals surface area contributed by atoms with Crippen LogP contribution in [-0.4, -0.2) is 23.2 Å². The van der Waals surface area contributed by atoms with E-state index in [1.165, 1.54) is 6.08 Å². The van der Waals surface area contributed by atoms with Crippen LogP contribution < -0.4 is 5.32 Å². The quantitative estimate of drug-likeness (QED) is 0.837. The molecule has 1 amide bonds. The average molecular weight is 288 g/mol. The molecule has 0 atom stereocenters. The highest BCUT2D eigenvalue weighted by Crippen LogP contribution is 2.21. The summed E-state index contributed by atoms with van der Waals surface area (Å²) in [4.78, 5) is 11.6. The van der Waals surface area contributed by atoms with Gasteiger partial charge in [-0.25, -0.2) is 0 Å². The summed E-state index contributed by atoms with van der Waals surface area (Å²) < 4.78 is 0. The molecule has 0 aromatic heterocycles. The van der Waals surface area contributed by atoms with Gasteiger partial charge in [0.05, 0.1) is 12.1 Å². The third kappa shape index (κ3) is 4.69. The molecule has 0 heterocycles. The Balaban J connectivity index is 2.75. The van der Waals surface area contributed by atoms with Gasteiger partial charge < -0.3 is 10.4 Å². The minimum absolute atomic E-state index is 0.134. The second-order valence-corrected chi connectivity index (χ2v) is 5.37. The zero-order valence-electron chi connectivity index (χ0n) is 10.2. The first-order chi connectivity index (χ1) is 8.34. The normalized spacial score (nSPS) is 11.8. The number of carbonyl (C=O) groups excluding carboxylic acids is 1. The summed E-state index contributed by atoms with van der Waals surface area (Å²) in [7, 11) is 0. The van der Waals surface area contributed by atoms with Crippen LogP contribution in [0.4, 0.5) is 0 Å². The van der Waals surface area contributed by atoms with Crippen LogP contribution in [0.3, 0.4) is 0 Å². The van der Waals surface area contributed by atoms with Gasteiger partial charge in [-0.05, 0) is 43.7 Å². The molecule has 5 heteroatoms. The van der Waals surface area contributed by atoms with Gasteiger partial charge in [0.2, 0.25) is 5.91 Å². The number of benzene rings is 1. The van der Waals surface area contributed by atoms with Crippen molar-refractivity contribution in [2.75, 3.05) is 6.61 Å². The topological polar surface area (TPSA) is 49.3 Å². The van der Waals surface area contributed by atoms with Gasteiger partial charge >= 0.3 is 0 Å². The zero-order valence-corrected chi connectivity index (χ0v) is 11.7. The van der Waals surface area contributed by atoms with Crippen molar-refractivity contribution in [1.29, 1.82) is 0 Å². The van der Waals surface area contributed by atoms with Gasteiger partial charge in [0.25, 0.3) is 0 Å². The monoisotopic (exact) mass is 287 g/mol. The minimum atomic E-state index is -0.653. The molecule has 0 aliphatic heterocycles. The van der Waals surface area contributed by atoms with E-state index >= 15 is 0 Å². The predicted molar refractivity (Wildman–Crippen MR) is 74.8 cm³/mol. The maximum atomic E-state index is 11.6. The van der Waals surface area contributed by atoms with Crippen LogP contribution in [0.15, 0.2) is 24.3 Å². The van der Waals surface area contributed by atoms with Crippen molar-refractivity contribution in [2.45, 2.75) is 19.4 Å². The lowest BCUT2D eigenvalue weighted by Gasteiger charge is -2.22. The number of halogens is 2. The lowest BCUT2D eigenvalue weighted by atomic mass is 10.1. The Morgan fingerprint density at radius 2 is 2.11 bits per heavy atom. The molecule has 0 aliphatic rings. The number of hydrogen-bond donors (Lipinski definition) is 2. The highest BCUT2D eigenvalue weighted by atomic mass is 35.5. The summed E-state index contributed by atoms with van der Waals surface area (Å²) in [5, 5.41) is 12.8. The van der Waals surface area contributed by atoms with Gasteiger partial charge in [0, 0.05) is 16.1 Å². The summed E-state index contributed by atoms with van der Waals surface area (Å²) >= 11 is 11.8. The van der Waals surface area contributed by atoms with Gasteiger partial charge in [-0.2, -0.15) is 0 Å². The maximum Gasteiger partial charge on any atom is 0.244 e. The molecule has 0 saturated heterocycles. The predicted octanol–water partition coefficient (Wildman–Crippen LogP) is 2.89. The number of amides is 1. The standard InChI is InChI=1S/C13H15Cl2NO2/c1-13(2,8-17)16-12(18)6-3-9-7-10(14)4-5-11(9)15/h3-7,17H,8H2,1-2H3,(H,16,18)/b6-3+. The summed E-state index contributed by atoms with van der Waals surface area (Å²) in [5.41, 5.74) is 0.0145. The fourth-order valence-electron chi connectivity index (χ4n) is 1.22. The van der Waals surface area contributed by atoms with Crippen LogP contribution in [0.2, 0.25) is 10.0 Å². The highest BCUT2D eigenvalue weighted by Gasteiger charge is 2.17. The molecule has 1 aromatic rings. The van der Waals surface area contributed by atoms with Crippen molar-refractivity contribution in [3.63, 3.8) is 0 Å². The number of rotatable bonds is 4. The molecule has 2 N–H and O–H groups in total. The van der Waals surface area contributed by atoms with Crippen LogP contribution in [0.5, 0.6) is 0 Å². The van der Waals surface area contributed by atoms with Crippen molar-refractivity contribution < 1.29 is 9.90 Å². The number of aliphatic hydroxyl groups excluding tert-OH is 1. The summed E-state index contributed by atoms with van der Waals surface area (Å²) in [6, 6.07) is 5.01. The minimum Gasteiger partial charge on any atom is -0.394 e. The maximum absolute atomic E-state index is 11.6. The van der Waals surface area contributed by atoms with Crippen LogP contribution in [0.1, 0.15) is 19.4 Å². The first-order valence-corrected chi connectivity index (χ1v) is 6.16. The van der Waals surface area contributed by atoms with Gasteiger partial charge in [-0.1, -0.05) is 23.2 Å². The first-order valence-electron chi connectivity index (χ1n) is 5.40. The second kappa shape index (κ2) is 6.23. The smallest absolute Gasteiger partial charge is 0.244 e. The molecule has 98 valence electrons. The molecular weight excluding hydrogens is 273 g/mol. The lowest BCUT2D eigenvalue weighted by molar-refractivity contribution is -0.118. The molecular formula is C13H15Cl2NO2. The van der Waals surface area contributed by atoms with Crippen molar-refractivity contribution in [1.82, 2.24) is 5.32 Å². The molecule has 0 bridgehead atoms. The summed E-state index contributed by atoms with van der Waals surface area (Å²) in [5.74, 6) is -0.301. The number of aliphatic hydroxyl groups is 1. The van der Waals surface area contributed by atoms with Gasteiger partial charge in [0.1, 0.15) is 0 Å². The van der Waals surface area contributed by atoms with E-state index in [1.54, 1.807) is 38.1 Å². The lowest BCUT2D eigenvalue weighted by Crippen LogP contribution is -2.45. The third-order valence-corrected chi connectivity index (χ3v) is 2.81. The first kappa shape index (κ1) is 15.0. The van der Waals surface area contributed by atoms with E-state index in [0.717, 1.165) is 0 Å². The van der Waals surface area contributed by atoms with E-state index in [1.807, 2.05) is 0 Å². The van der Waals surface area contributed by atoms with Crippen molar-refractivity contribution >= 4 is 35.2 Å². The second-order valence-electron chi connectivity index (χ2n) is 4.53. The summed E-state index contributed by atoms with van der Waals surface area (Å²) in [6.45, 7) is 3.32. The Bertz CT molecular complexity index is 470. The molecule has 18 heavy (non-hydrogen) atoms. The van der Waals surface area contributed by atoms with E-state index in [-0.39, 0.29) is 12.5 Å². The molecule has 1 rings (SSSR count). The number of nitrogens with one attached hydrogen (secondary N) is 1. The third-order valence-electron chi connectivity index (χ3n) is 2.23. The van der Waals surface area contributed by atoms with Gasteiger partial charge in [0.15, 0.2) is 0 Å². The molecule has 0 unspecified atom stereocenters. The zero-order chi connectivity index (χ0) is 13.8. The van der Waals surface area contributed by atoms with Crippen LogP contribution >= 0.6 is 23.2 Å². The SMILES string of the molecule is CC(C)(CO)NC(=O)/C=C/c1cc(Cl)ccc1Cl. The largest absolute Gasteiger partial charge is 0.394 e. The van der Waals surface area contributed by atoms with Gasteiger partial charge in [-0.15, -0.1) is 0 Å². The van der Waals surface area contributed by atoms with Crippen LogP contribution in [0, 0.1) is 0 Å². The van der Waals surface area contributed by atoms with Crippen molar-refractivity contribution in [3.05, 3.63) is 39.9 Å². The number of hydrogen-bond acceptors (Lipinski definition) is 2. The molecule has 1 aromatic carbocycles. The molecule has 0 spiro atoms. The van der Waals surface area contributed by atoms with Crippen molar-refractivity contribution in [2.24, 2.45) is 0 Å². The van der Waals surface area contributed by atoms with E-state index in [0.29, 0.717) is 15.6 Å². The molecule has 3 nitrogen and oxygen atoms in total. The van der Waals surface area contributed by atoms with E-state index < -0.39 is 5.54 Å². The molecule has 0 fully saturated rings. The Hall–Kier alpha value is -1.03. The Morgan fingerprint density at radius 3 is 2.72 bits per heavy atom. The fraction of sp³-hybridized carbons (Fsp3) is 0.308. The van der Waals surface area contributed by atoms with E-state index in [2.05, 4.69) is 5.32 Å². The molecule has 0 aliphatic carbocycles. The van der Waals surface area contributed by atoms with Gasteiger partial charge in [-0.3, -0.25) is 4.79 Å². The Labute approximate surface area is 116 Å². The van der Waals surface area contributed by atoms with Crippen molar-refractivity contribution in [3.8, 4) is 0 Å². The Morgan fingerprint density at radius 1 is 1.44 bits per heavy atom. The fourth-order valence-corrected chi connectivity index (χ4v) is 1.58. The van der Waals surface area contributed by atoms with E-state index in [4.69, 9.17) is 28.3 Å². The average Bonchev–Trinajstić information content (AvgIpc) is 2.30. The highest BCUT2D eigenvalue weighted by molar-refractivity contribution is 6.34. The molecule has 0 radical (unpaired) electrons. The van der Waals surface area contributed by atoms with E-state index in [9.17, 15) is 4.79 Å².